The van der Waals surface area contributed by atoms with Crippen molar-refractivity contribution in [3.05, 3.63) is 59.9 Å². The van der Waals surface area contributed by atoms with Crippen LogP contribution in [0.5, 0.6) is 0 Å². The number of para-hydroxylation sites is 3. The summed E-state index contributed by atoms with van der Waals surface area (Å²) in [4.78, 5) is 22.8. The molecule has 1 saturated heterocycles. The van der Waals surface area contributed by atoms with Gasteiger partial charge in [0.25, 0.3) is 5.91 Å². The number of nitrogens with zero attached hydrogens (tertiary/aromatic N) is 2. The van der Waals surface area contributed by atoms with Crippen molar-refractivity contribution < 1.29 is 4.79 Å². The monoisotopic (exact) mass is 320 g/mol. The van der Waals surface area contributed by atoms with Gasteiger partial charge in [-0.3, -0.25) is 4.79 Å². The molecule has 0 spiro atoms. The topological polar surface area (TPSA) is 75.0 Å². The second kappa shape index (κ2) is 6.00. The predicted molar refractivity (Wildman–Crippen MR) is 94.8 cm³/mol. The SMILES string of the molecule is Nc1ccccc1C(=O)N1CCC[C@@H](c2nc3ccccc3[nH]2)C1. The van der Waals surface area contributed by atoms with Gasteiger partial charge in [-0.1, -0.05) is 24.3 Å². The normalized spacial score (nSPS) is 18.0. The summed E-state index contributed by atoms with van der Waals surface area (Å²) < 4.78 is 0. The maximum atomic E-state index is 12.8. The fourth-order valence-corrected chi connectivity index (χ4v) is 3.41. The molecule has 5 heteroatoms. The number of amides is 1. The third kappa shape index (κ3) is 2.62. The maximum absolute atomic E-state index is 12.8. The third-order valence-corrected chi connectivity index (χ3v) is 4.69. The molecule has 3 N–H and O–H groups in total. The largest absolute Gasteiger partial charge is 0.398 e. The molecule has 0 unspecified atom stereocenters. The maximum Gasteiger partial charge on any atom is 0.255 e. The van der Waals surface area contributed by atoms with Gasteiger partial charge in [0.2, 0.25) is 0 Å². The fourth-order valence-electron chi connectivity index (χ4n) is 3.41. The third-order valence-electron chi connectivity index (χ3n) is 4.69. The molecule has 5 nitrogen and oxygen atoms in total. The molecule has 1 amide bonds. The predicted octanol–water partition coefficient (Wildman–Crippen LogP) is 3.16. The van der Waals surface area contributed by atoms with Crippen molar-refractivity contribution in [3.63, 3.8) is 0 Å². The highest BCUT2D eigenvalue weighted by Crippen LogP contribution is 2.28. The van der Waals surface area contributed by atoms with Crippen LogP contribution in [-0.4, -0.2) is 33.9 Å². The lowest BCUT2D eigenvalue weighted by Crippen LogP contribution is -2.39. The average molecular weight is 320 g/mol. The number of nitrogens with two attached hydrogens (primary N) is 1. The molecule has 3 aromatic rings. The van der Waals surface area contributed by atoms with Gasteiger partial charge < -0.3 is 15.6 Å². The van der Waals surface area contributed by atoms with Crippen LogP contribution < -0.4 is 5.73 Å². The Labute approximate surface area is 140 Å². The van der Waals surface area contributed by atoms with Gasteiger partial charge in [-0.15, -0.1) is 0 Å². The van der Waals surface area contributed by atoms with E-state index in [1.165, 1.54) is 0 Å². The van der Waals surface area contributed by atoms with Crippen LogP contribution in [0.25, 0.3) is 11.0 Å². The highest BCUT2D eigenvalue weighted by molar-refractivity contribution is 5.99. The molecule has 1 aliphatic rings. The number of nitrogens with one attached hydrogen (secondary N) is 1. The summed E-state index contributed by atoms with van der Waals surface area (Å²) in [5, 5.41) is 0. The Morgan fingerprint density at radius 3 is 2.79 bits per heavy atom. The van der Waals surface area contributed by atoms with E-state index in [2.05, 4.69) is 4.98 Å². The zero-order valence-electron chi connectivity index (χ0n) is 13.4. The molecule has 1 atom stereocenters. The van der Waals surface area contributed by atoms with Crippen LogP contribution in [0.3, 0.4) is 0 Å². The molecular weight excluding hydrogens is 300 g/mol. The fraction of sp³-hybridized carbons (Fsp3) is 0.263. The van der Waals surface area contributed by atoms with E-state index in [0.29, 0.717) is 17.8 Å². The van der Waals surface area contributed by atoms with Crippen molar-refractivity contribution in [1.29, 1.82) is 0 Å². The summed E-state index contributed by atoms with van der Waals surface area (Å²) in [5.74, 6) is 1.21. The zero-order valence-corrected chi connectivity index (χ0v) is 13.4. The number of anilines is 1. The van der Waals surface area contributed by atoms with Crippen LogP contribution in [0.15, 0.2) is 48.5 Å². The van der Waals surface area contributed by atoms with Crippen molar-refractivity contribution in [2.45, 2.75) is 18.8 Å². The van der Waals surface area contributed by atoms with Crippen LogP contribution in [0.1, 0.15) is 34.9 Å². The first-order valence-corrected chi connectivity index (χ1v) is 8.31. The first-order chi connectivity index (χ1) is 11.7. The highest BCUT2D eigenvalue weighted by atomic mass is 16.2. The van der Waals surface area contributed by atoms with Crippen molar-refractivity contribution >= 4 is 22.6 Å². The number of hydrogen-bond donors (Lipinski definition) is 2. The molecule has 2 aromatic carbocycles. The van der Waals surface area contributed by atoms with Crippen molar-refractivity contribution in [2.24, 2.45) is 0 Å². The van der Waals surface area contributed by atoms with Gasteiger partial charge in [0.05, 0.1) is 16.6 Å². The average Bonchev–Trinajstić information content (AvgIpc) is 3.06. The molecule has 0 bridgehead atoms. The van der Waals surface area contributed by atoms with Crippen LogP contribution >= 0.6 is 0 Å². The van der Waals surface area contributed by atoms with Gasteiger partial charge in [0.15, 0.2) is 0 Å². The summed E-state index contributed by atoms with van der Waals surface area (Å²) in [5.41, 5.74) is 9.10. The number of hydrogen-bond acceptors (Lipinski definition) is 3. The summed E-state index contributed by atoms with van der Waals surface area (Å²) in [6.45, 7) is 1.44. The van der Waals surface area contributed by atoms with E-state index in [9.17, 15) is 4.79 Å². The minimum atomic E-state index is 0.00825. The van der Waals surface area contributed by atoms with E-state index >= 15 is 0 Å². The first-order valence-electron chi connectivity index (χ1n) is 8.31. The Bertz CT molecular complexity index is 853. The number of piperidine rings is 1. The highest BCUT2D eigenvalue weighted by Gasteiger charge is 2.28. The van der Waals surface area contributed by atoms with E-state index in [-0.39, 0.29) is 11.8 Å². The smallest absolute Gasteiger partial charge is 0.255 e. The first kappa shape index (κ1) is 14.8. The van der Waals surface area contributed by atoms with Crippen LogP contribution in [0.2, 0.25) is 0 Å². The van der Waals surface area contributed by atoms with E-state index in [0.717, 1.165) is 36.2 Å². The van der Waals surface area contributed by atoms with E-state index in [4.69, 9.17) is 10.7 Å². The number of carbonyl (C=O) groups is 1. The molecule has 0 saturated carbocycles. The number of benzene rings is 2. The van der Waals surface area contributed by atoms with E-state index in [1.54, 1.807) is 12.1 Å². The minimum absolute atomic E-state index is 0.00825. The Morgan fingerprint density at radius 1 is 1.17 bits per heavy atom. The molecule has 1 aromatic heterocycles. The van der Waals surface area contributed by atoms with Crippen LogP contribution in [-0.2, 0) is 0 Å². The van der Waals surface area contributed by atoms with Crippen molar-refractivity contribution in [2.75, 3.05) is 18.8 Å². The lowest BCUT2D eigenvalue weighted by molar-refractivity contribution is 0.0706. The van der Waals surface area contributed by atoms with Gasteiger partial charge in [-0.2, -0.15) is 0 Å². The molecule has 0 radical (unpaired) electrons. The molecule has 1 aliphatic heterocycles. The van der Waals surface area contributed by atoms with Gasteiger partial charge in [-0.25, -0.2) is 4.98 Å². The number of H-pyrrole nitrogens is 1. The van der Waals surface area contributed by atoms with Crippen LogP contribution in [0.4, 0.5) is 5.69 Å². The molecule has 24 heavy (non-hydrogen) atoms. The lowest BCUT2D eigenvalue weighted by atomic mass is 9.96. The van der Waals surface area contributed by atoms with Gasteiger partial charge in [0, 0.05) is 24.7 Å². The molecule has 0 aliphatic carbocycles. The summed E-state index contributed by atoms with van der Waals surface area (Å²) in [6, 6.07) is 15.3. The van der Waals surface area contributed by atoms with Gasteiger partial charge in [0.1, 0.15) is 5.82 Å². The second-order valence-corrected chi connectivity index (χ2v) is 6.32. The van der Waals surface area contributed by atoms with Crippen LogP contribution in [0, 0.1) is 0 Å². The number of aromatic nitrogens is 2. The molecule has 1 fully saturated rings. The second-order valence-electron chi connectivity index (χ2n) is 6.32. The number of imidazole rings is 1. The zero-order chi connectivity index (χ0) is 16.5. The van der Waals surface area contributed by atoms with Gasteiger partial charge >= 0.3 is 0 Å². The standard InChI is InChI=1S/C19H20N4O/c20-15-8-2-1-7-14(15)19(24)23-11-5-6-13(12-23)18-21-16-9-3-4-10-17(16)22-18/h1-4,7-10,13H,5-6,11-12,20H2,(H,21,22)/t13-/m1/s1. The Kier molecular flexibility index (Phi) is 3.69. The van der Waals surface area contributed by atoms with Crippen molar-refractivity contribution in [1.82, 2.24) is 14.9 Å². The quantitative estimate of drug-likeness (QED) is 0.712. The van der Waals surface area contributed by atoms with Crippen molar-refractivity contribution in [3.8, 4) is 0 Å². The Balaban J connectivity index is 1.57. The number of fused-ring (bicyclic) bond motifs is 1. The molecule has 122 valence electrons. The number of nitrogen functional groups attached to an aromatic ring is 1. The molecular formula is C19H20N4O. The minimum Gasteiger partial charge on any atom is -0.398 e. The molecule has 4 rings (SSSR count). The summed E-state index contributed by atoms with van der Waals surface area (Å²) in [6.07, 6.45) is 2.01. The number of carbonyl (C=O) groups excluding carboxylic acids is 1. The summed E-state index contributed by atoms with van der Waals surface area (Å²) >= 11 is 0. The number of likely N-dealkylation sites (tertiary alicyclic amines) is 1. The van der Waals surface area contributed by atoms with Gasteiger partial charge in [-0.05, 0) is 37.1 Å². The Morgan fingerprint density at radius 2 is 1.96 bits per heavy atom. The molecule has 2 heterocycles. The Hall–Kier alpha value is -2.82. The van der Waals surface area contributed by atoms with E-state index < -0.39 is 0 Å². The number of rotatable bonds is 2. The number of aromatic amines is 1. The summed E-state index contributed by atoms with van der Waals surface area (Å²) in [7, 11) is 0. The lowest BCUT2D eigenvalue weighted by Gasteiger charge is -2.32. The van der Waals surface area contributed by atoms with E-state index in [1.807, 2.05) is 41.3 Å².